The van der Waals surface area contributed by atoms with Crippen molar-refractivity contribution in [3.63, 3.8) is 0 Å². The molecule has 1 aliphatic rings. The first kappa shape index (κ1) is 23.3. The average molecular weight is 503 g/mol. The Balaban J connectivity index is 1.62. The molecule has 0 amide bonds. The molecule has 3 heterocycles. The minimum atomic E-state index is 0.0281. The van der Waals surface area contributed by atoms with Gasteiger partial charge in [0.2, 0.25) is 0 Å². The molecule has 0 unspecified atom stereocenters. The summed E-state index contributed by atoms with van der Waals surface area (Å²) in [5.74, 6) is 0.801. The average Bonchev–Trinajstić information content (AvgIpc) is 3.36. The van der Waals surface area contributed by atoms with Crippen LogP contribution >= 0.6 is 23.1 Å². The van der Waals surface area contributed by atoms with Gasteiger partial charge in [-0.2, -0.15) is 0 Å². The molecule has 0 spiro atoms. The molecule has 0 aliphatic carbocycles. The zero-order valence-electron chi connectivity index (χ0n) is 20.0. The molecular formula is C27H26N4O2S2. The molecule has 8 heteroatoms. The molecule has 6 nitrogen and oxygen atoms in total. The fraction of sp³-hybridized carbons (Fsp3) is 0.185. The van der Waals surface area contributed by atoms with Crippen LogP contribution in [0.25, 0.3) is 11.1 Å². The summed E-state index contributed by atoms with van der Waals surface area (Å²) in [6.45, 7) is 4.67. The minimum Gasteiger partial charge on any atom is -0.497 e. The van der Waals surface area contributed by atoms with Crippen molar-refractivity contribution < 1.29 is 4.74 Å². The van der Waals surface area contributed by atoms with Gasteiger partial charge >= 0.3 is 0 Å². The summed E-state index contributed by atoms with van der Waals surface area (Å²) in [6, 6.07) is 16.1. The lowest BCUT2D eigenvalue weighted by molar-refractivity contribution is 0.414. The van der Waals surface area contributed by atoms with E-state index in [2.05, 4.69) is 34.3 Å². The molecule has 1 N–H and O–H groups in total. The number of para-hydroxylation sites is 1. The number of aryl methyl sites for hydroxylation is 1. The SMILES string of the molecule is CCn1c(=O)/c(=C2\Sc3ccc(OC)cc3N2C)s/c1=C\c1ccncc1Nc1ccccc1C. The zero-order valence-corrected chi connectivity index (χ0v) is 21.7. The van der Waals surface area contributed by atoms with Crippen LogP contribution < -0.4 is 29.7 Å². The highest BCUT2D eigenvalue weighted by Crippen LogP contribution is 2.46. The quantitative estimate of drug-likeness (QED) is 0.433. The molecule has 4 aromatic rings. The lowest BCUT2D eigenvalue weighted by atomic mass is 10.1. The van der Waals surface area contributed by atoms with Crippen LogP contribution in [0.5, 0.6) is 5.75 Å². The Morgan fingerprint density at radius 2 is 1.97 bits per heavy atom. The van der Waals surface area contributed by atoms with E-state index < -0.39 is 0 Å². The molecule has 5 rings (SSSR count). The van der Waals surface area contributed by atoms with Gasteiger partial charge in [0.15, 0.2) is 0 Å². The van der Waals surface area contributed by atoms with Gasteiger partial charge in [0, 0.05) is 42.0 Å². The number of hydrogen-bond acceptors (Lipinski definition) is 7. The molecule has 1 aliphatic heterocycles. The molecule has 0 saturated carbocycles. The van der Waals surface area contributed by atoms with Gasteiger partial charge in [0.1, 0.15) is 15.3 Å². The van der Waals surface area contributed by atoms with E-state index in [1.807, 2.05) is 67.2 Å². The smallest absolute Gasteiger partial charge is 0.271 e. The summed E-state index contributed by atoms with van der Waals surface area (Å²) in [7, 11) is 3.66. The number of thiazole rings is 1. The van der Waals surface area contributed by atoms with E-state index >= 15 is 0 Å². The van der Waals surface area contributed by atoms with Gasteiger partial charge in [-0.15, -0.1) is 11.3 Å². The van der Waals surface area contributed by atoms with Gasteiger partial charge < -0.3 is 15.0 Å². The first-order valence-electron chi connectivity index (χ1n) is 11.3. The lowest BCUT2D eigenvalue weighted by Crippen LogP contribution is -2.33. The summed E-state index contributed by atoms with van der Waals surface area (Å²) in [4.78, 5) is 21.0. The van der Waals surface area contributed by atoms with Gasteiger partial charge in [0.25, 0.3) is 5.56 Å². The number of ether oxygens (including phenoxy) is 1. The van der Waals surface area contributed by atoms with Gasteiger partial charge in [-0.3, -0.25) is 14.3 Å². The predicted molar refractivity (Wildman–Crippen MR) is 146 cm³/mol. The number of aromatic nitrogens is 2. The Morgan fingerprint density at radius 3 is 2.74 bits per heavy atom. The Hall–Kier alpha value is -3.49. The molecule has 0 radical (unpaired) electrons. The van der Waals surface area contributed by atoms with Crippen LogP contribution in [0.2, 0.25) is 0 Å². The van der Waals surface area contributed by atoms with Gasteiger partial charge in [-0.25, -0.2) is 0 Å². The molecular weight excluding hydrogens is 476 g/mol. The molecule has 2 aromatic heterocycles. The van der Waals surface area contributed by atoms with Gasteiger partial charge in [-0.05, 0) is 49.8 Å². The largest absolute Gasteiger partial charge is 0.497 e. The Morgan fingerprint density at radius 1 is 1.14 bits per heavy atom. The van der Waals surface area contributed by atoms with Crippen molar-refractivity contribution >= 4 is 51.3 Å². The number of pyridine rings is 1. The molecule has 2 aromatic carbocycles. The number of rotatable bonds is 5. The highest BCUT2D eigenvalue weighted by atomic mass is 32.2. The monoisotopic (exact) mass is 502 g/mol. The minimum absolute atomic E-state index is 0.0281. The first-order valence-corrected chi connectivity index (χ1v) is 13.0. The number of fused-ring (bicyclic) bond motifs is 1. The number of thioether (sulfide) groups is 1. The van der Waals surface area contributed by atoms with Crippen molar-refractivity contribution in [2.24, 2.45) is 0 Å². The Kier molecular flexibility index (Phi) is 6.40. The number of nitrogens with one attached hydrogen (secondary N) is 1. The normalized spacial score (nSPS) is 14.9. The maximum Gasteiger partial charge on any atom is 0.271 e. The second-order valence-electron chi connectivity index (χ2n) is 8.17. The summed E-state index contributed by atoms with van der Waals surface area (Å²) in [5.41, 5.74) is 5.13. The number of benzene rings is 2. The van der Waals surface area contributed by atoms with Crippen molar-refractivity contribution in [1.82, 2.24) is 9.55 Å². The number of methoxy groups -OCH3 is 1. The lowest BCUT2D eigenvalue weighted by Gasteiger charge is -2.13. The molecule has 0 fully saturated rings. The standard InChI is InChI=1S/C27H26N4O2S2/c1-5-31-24(14-18-12-13-28-16-21(18)29-20-9-7-6-8-17(20)2)35-25(26(31)32)27-30(3)22-15-19(33-4)10-11-23(22)34-27/h6-16,29H,5H2,1-4H3/b24-14-,27-25+. The fourth-order valence-electron chi connectivity index (χ4n) is 4.05. The maximum absolute atomic E-state index is 13.5. The van der Waals surface area contributed by atoms with Crippen LogP contribution in [0.1, 0.15) is 18.1 Å². The van der Waals surface area contributed by atoms with Crippen LogP contribution in [0.15, 0.2) is 70.6 Å². The van der Waals surface area contributed by atoms with Crippen molar-refractivity contribution in [1.29, 1.82) is 0 Å². The summed E-state index contributed by atoms with van der Waals surface area (Å²) in [5, 5.41) is 4.44. The van der Waals surface area contributed by atoms with Gasteiger partial charge in [-0.1, -0.05) is 30.0 Å². The summed E-state index contributed by atoms with van der Waals surface area (Å²) >= 11 is 3.15. The van der Waals surface area contributed by atoms with Crippen molar-refractivity contribution in [2.45, 2.75) is 25.3 Å². The zero-order chi connectivity index (χ0) is 24.5. The van der Waals surface area contributed by atoms with Crippen LogP contribution in [0, 0.1) is 6.92 Å². The molecule has 178 valence electrons. The highest BCUT2D eigenvalue weighted by Gasteiger charge is 2.25. The highest BCUT2D eigenvalue weighted by molar-refractivity contribution is 8.08. The number of hydrogen-bond donors (Lipinski definition) is 1. The summed E-state index contributed by atoms with van der Waals surface area (Å²) < 4.78 is 8.88. The Bertz CT molecular complexity index is 1590. The van der Waals surface area contributed by atoms with E-state index in [9.17, 15) is 4.79 Å². The van der Waals surface area contributed by atoms with E-state index in [-0.39, 0.29) is 5.56 Å². The molecule has 0 bridgehead atoms. The summed E-state index contributed by atoms with van der Waals surface area (Å²) in [6.07, 6.45) is 5.66. The number of anilines is 3. The topological polar surface area (TPSA) is 59.4 Å². The van der Waals surface area contributed by atoms with E-state index in [4.69, 9.17) is 4.74 Å². The van der Waals surface area contributed by atoms with Crippen molar-refractivity contribution in [3.05, 3.63) is 91.6 Å². The predicted octanol–water partition coefficient (Wildman–Crippen LogP) is 4.52. The third kappa shape index (κ3) is 4.35. The van der Waals surface area contributed by atoms with E-state index in [1.54, 1.807) is 25.1 Å². The van der Waals surface area contributed by atoms with E-state index in [0.717, 1.165) is 53.1 Å². The van der Waals surface area contributed by atoms with Crippen LogP contribution in [-0.4, -0.2) is 23.7 Å². The van der Waals surface area contributed by atoms with Crippen molar-refractivity contribution in [2.75, 3.05) is 24.4 Å². The molecule has 0 atom stereocenters. The van der Waals surface area contributed by atoms with E-state index in [1.165, 1.54) is 11.3 Å². The molecule has 35 heavy (non-hydrogen) atoms. The van der Waals surface area contributed by atoms with Crippen LogP contribution in [-0.2, 0) is 6.54 Å². The molecule has 0 saturated heterocycles. The Labute approximate surface area is 212 Å². The second kappa shape index (κ2) is 9.64. The first-order chi connectivity index (χ1) is 17.0. The fourth-order valence-corrected chi connectivity index (χ4v) is 6.50. The van der Waals surface area contributed by atoms with Crippen molar-refractivity contribution in [3.8, 4) is 5.75 Å². The van der Waals surface area contributed by atoms with Gasteiger partial charge in [0.05, 0.1) is 29.3 Å². The van der Waals surface area contributed by atoms with E-state index in [0.29, 0.717) is 6.54 Å². The third-order valence-corrected chi connectivity index (χ3v) is 8.49. The number of nitrogens with zero attached hydrogens (tertiary/aromatic N) is 3. The third-order valence-electron chi connectivity index (χ3n) is 6.01. The maximum atomic E-state index is 13.5. The second-order valence-corrected chi connectivity index (χ2v) is 10.2. The van der Waals surface area contributed by atoms with Crippen LogP contribution in [0.3, 0.4) is 0 Å². The van der Waals surface area contributed by atoms with Crippen LogP contribution in [0.4, 0.5) is 17.1 Å².